The van der Waals surface area contributed by atoms with E-state index in [2.05, 4.69) is 4.74 Å². The highest BCUT2D eigenvalue weighted by Gasteiger charge is 2.18. The second-order valence-corrected chi connectivity index (χ2v) is 3.00. The summed E-state index contributed by atoms with van der Waals surface area (Å²) in [5.41, 5.74) is 5.53. The molecule has 2 atom stereocenters. The van der Waals surface area contributed by atoms with E-state index in [1.807, 2.05) is 6.07 Å². The van der Waals surface area contributed by atoms with Crippen molar-refractivity contribution in [3.05, 3.63) is 35.9 Å². The van der Waals surface area contributed by atoms with Crippen molar-refractivity contribution in [1.82, 2.24) is 0 Å². The maximum atomic E-state index is 10.4. The normalized spacial score (nSPS) is 14.4. The molecular formula is C10H13NO3. The average Bonchev–Trinajstić information content (AvgIpc) is 2.17. The quantitative estimate of drug-likeness (QED) is 0.761. The number of aliphatic hydroxyl groups is 1. The van der Waals surface area contributed by atoms with Crippen LogP contribution in [-0.2, 0) is 4.74 Å². The summed E-state index contributed by atoms with van der Waals surface area (Å²) in [7, 11) is 0. The highest BCUT2D eigenvalue weighted by molar-refractivity contribution is 5.64. The van der Waals surface area contributed by atoms with Gasteiger partial charge in [-0.05, 0) is 12.5 Å². The summed E-state index contributed by atoms with van der Waals surface area (Å²) < 4.78 is 4.66. The number of primary amides is 1. The molecule has 1 amide bonds. The molecular weight excluding hydrogens is 182 g/mol. The average molecular weight is 195 g/mol. The van der Waals surface area contributed by atoms with Crippen LogP contribution in [0.25, 0.3) is 0 Å². The molecule has 0 radical (unpaired) electrons. The Balaban J connectivity index is 2.65. The lowest BCUT2D eigenvalue weighted by molar-refractivity contribution is 0.0158. The zero-order valence-electron chi connectivity index (χ0n) is 7.88. The molecule has 0 spiro atoms. The molecule has 1 aromatic carbocycles. The standard InChI is InChI=1S/C10H13NO3/c1-7(14-10(11)13)9(12)8-5-3-2-4-6-8/h2-7,9,12H,1H3,(H2,11,13)/t7-,9+/m0/s1. The molecule has 76 valence electrons. The van der Waals surface area contributed by atoms with Gasteiger partial charge in [-0.2, -0.15) is 0 Å². The zero-order valence-corrected chi connectivity index (χ0v) is 7.88. The Kier molecular flexibility index (Phi) is 3.48. The molecule has 0 aromatic heterocycles. The minimum absolute atomic E-state index is 0.644. The van der Waals surface area contributed by atoms with Gasteiger partial charge in [0.1, 0.15) is 12.2 Å². The van der Waals surface area contributed by atoms with Gasteiger partial charge in [0.15, 0.2) is 0 Å². The molecule has 0 saturated heterocycles. The van der Waals surface area contributed by atoms with Crippen molar-refractivity contribution in [2.75, 3.05) is 0 Å². The third-order valence-corrected chi connectivity index (χ3v) is 1.89. The van der Waals surface area contributed by atoms with Crippen LogP contribution < -0.4 is 5.73 Å². The van der Waals surface area contributed by atoms with Crippen LogP contribution in [0, 0.1) is 0 Å². The van der Waals surface area contributed by atoms with Gasteiger partial charge >= 0.3 is 6.09 Å². The molecule has 0 saturated carbocycles. The van der Waals surface area contributed by atoms with E-state index in [1.165, 1.54) is 0 Å². The molecule has 0 aliphatic rings. The fourth-order valence-corrected chi connectivity index (χ4v) is 1.17. The lowest BCUT2D eigenvalue weighted by atomic mass is 10.1. The topological polar surface area (TPSA) is 72.5 Å². The second-order valence-electron chi connectivity index (χ2n) is 3.00. The lowest BCUT2D eigenvalue weighted by Crippen LogP contribution is -2.25. The van der Waals surface area contributed by atoms with Crippen molar-refractivity contribution in [1.29, 1.82) is 0 Å². The van der Waals surface area contributed by atoms with Crippen molar-refractivity contribution in [3.63, 3.8) is 0 Å². The number of nitrogens with two attached hydrogens (primary N) is 1. The number of rotatable bonds is 3. The van der Waals surface area contributed by atoms with Crippen molar-refractivity contribution in [2.24, 2.45) is 5.73 Å². The molecule has 4 heteroatoms. The highest BCUT2D eigenvalue weighted by Crippen LogP contribution is 2.18. The first-order valence-electron chi connectivity index (χ1n) is 4.30. The second kappa shape index (κ2) is 4.62. The number of ether oxygens (including phenoxy) is 1. The predicted molar refractivity (Wildman–Crippen MR) is 51.5 cm³/mol. The van der Waals surface area contributed by atoms with Crippen LogP contribution in [0.5, 0.6) is 0 Å². The van der Waals surface area contributed by atoms with Gasteiger partial charge in [0, 0.05) is 0 Å². The largest absolute Gasteiger partial charge is 0.444 e. The first-order chi connectivity index (χ1) is 6.61. The number of benzene rings is 1. The van der Waals surface area contributed by atoms with E-state index >= 15 is 0 Å². The van der Waals surface area contributed by atoms with Crippen LogP contribution in [0.1, 0.15) is 18.6 Å². The molecule has 14 heavy (non-hydrogen) atoms. The van der Waals surface area contributed by atoms with Gasteiger partial charge in [0.05, 0.1) is 0 Å². The van der Waals surface area contributed by atoms with Crippen LogP contribution in [-0.4, -0.2) is 17.3 Å². The minimum Gasteiger partial charge on any atom is -0.444 e. The summed E-state index contributed by atoms with van der Waals surface area (Å²) in [5.74, 6) is 0. The Labute approximate surface area is 82.3 Å². The SMILES string of the molecule is C[C@H](OC(N)=O)[C@@H](O)c1ccccc1. The monoisotopic (exact) mass is 195 g/mol. The third-order valence-electron chi connectivity index (χ3n) is 1.89. The summed E-state index contributed by atoms with van der Waals surface area (Å²) in [6.07, 6.45) is -2.37. The maximum Gasteiger partial charge on any atom is 0.404 e. The third kappa shape index (κ3) is 2.74. The van der Waals surface area contributed by atoms with Crippen LogP contribution in [0.2, 0.25) is 0 Å². The number of carbonyl (C=O) groups is 1. The molecule has 1 aromatic rings. The number of hydrogen-bond donors (Lipinski definition) is 2. The molecule has 0 heterocycles. The fourth-order valence-electron chi connectivity index (χ4n) is 1.17. The van der Waals surface area contributed by atoms with E-state index in [0.717, 1.165) is 0 Å². The van der Waals surface area contributed by atoms with E-state index in [9.17, 15) is 9.90 Å². The molecule has 1 rings (SSSR count). The molecule has 0 aliphatic heterocycles. The number of amides is 1. The Morgan fingerprint density at radius 2 is 2.00 bits per heavy atom. The predicted octanol–water partition coefficient (Wildman–Crippen LogP) is 1.20. The van der Waals surface area contributed by atoms with Crippen LogP contribution in [0.3, 0.4) is 0 Å². The molecule has 0 bridgehead atoms. The van der Waals surface area contributed by atoms with E-state index in [-0.39, 0.29) is 0 Å². The molecule has 3 N–H and O–H groups in total. The lowest BCUT2D eigenvalue weighted by Gasteiger charge is -2.18. The van der Waals surface area contributed by atoms with E-state index < -0.39 is 18.3 Å². The molecule has 0 aliphatic carbocycles. The highest BCUT2D eigenvalue weighted by atomic mass is 16.6. The van der Waals surface area contributed by atoms with Gasteiger partial charge in [-0.3, -0.25) is 0 Å². The Bertz CT molecular complexity index is 299. The van der Waals surface area contributed by atoms with Gasteiger partial charge < -0.3 is 15.6 Å². The van der Waals surface area contributed by atoms with Gasteiger partial charge in [-0.1, -0.05) is 30.3 Å². The van der Waals surface area contributed by atoms with E-state index in [4.69, 9.17) is 5.73 Å². The van der Waals surface area contributed by atoms with Crippen LogP contribution in [0.15, 0.2) is 30.3 Å². The van der Waals surface area contributed by atoms with Gasteiger partial charge in [0.2, 0.25) is 0 Å². The number of carbonyl (C=O) groups excluding carboxylic acids is 1. The van der Waals surface area contributed by atoms with Gasteiger partial charge in [-0.15, -0.1) is 0 Å². The summed E-state index contributed by atoms with van der Waals surface area (Å²) in [6, 6.07) is 8.96. The van der Waals surface area contributed by atoms with Gasteiger partial charge in [-0.25, -0.2) is 4.79 Å². The number of aliphatic hydroxyl groups excluding tert-OH is 1. The summed E-state index contributed by atoms with van der Waals surface area (Å²) in [6.45, 7) is 1.59. The van der Waals surface area contributed by atoms with Crippen molar-refractivity contribution >= 4 is 6.09 Å². The molecule has 4 nitrogen and oxygen atoms in total. The maximum absolute atomic E-state index is 10.4. The van der Waals surface area contributed by atoms with Crippen molar-refractivity contribution in [2.45, 2.75) is 19.1 Å². The Morgan fingerprint density at radius 3 is 2.50 bits per heavy atom. The van der Waals surface area contributed by atoms with E-state index in [0.29, 0.717) is 5.56 Å². The van der Waals surface area contributed by atoms with Crippen LogP contribution >= 0.6 is 0 Å². The summed E-state index contributed by atoms with van der Waals surface area (Å²) in [4.78, 5) is 10.4. The van der Waals surface area contributed by atoms with E-state index in [1.54, 1.807) is 31.2 Å². The minimum atomic E-state index is -0.882. The Morgan fingerprint density at radius 1 is 1.43 bits per heavy atom. The Hall–Kier alpha value is -1.55. The fraction of sp³-hybridized carbons (Fsp3) is 0.300. The summed E-state index contributed by atoms with van der Waals surface area (Å²) >= 11 is 0. The van der Waals surface area contributed by atoms with Gasteiger partial charge in [0.25, 0.3) is 0 Å². The molecule has 0 unspecified atom stereocenters. The van der Waals surface area contributed by atoms with Crippen LogP contribution in [0.4, 0.5) is 4.79 Å². The summed E-state index contributed by atoms with van der Waals surface area (Å²) in [5, 5.41) is 9.71. The number of hydrogen-bond acceptors (Lipinski definition) is 3. The zero-order chi connectivity index (χ0) is 10.6. The first kappa shape index (κ1) is 10.5. The molecule has 0 fully saturated rings. The smallest absolute Gasteiger partial charge is 0.404 e. The first-order valence-corrected chi connectivity index (χ1v) is 4.30. The van der Waals surface area contributed by atoms with Crippen molar-refractivity contribution < 1.29 is 14.6 Å². The van der Waals surface area contributed by atoms with Crippen molar-refractivity contribution in [3.8, 4) is 0 Å².